The monoisotopic (exact) mass is 447 g/mol. The molecule has 0 unspecified atom stereocenters. The molecular formula is C20H15Cl2N3O5. The second-order valence-corrected chi connectivity index (χ2v) is 7.10. The Morgan fingerprint density at radius 2 is 1.97 bits per heavy atom. The van der Waals surface area contributed by atoms with E-state index in [0.29, 0.717) is 28.9 Å². The number of carbonyl (C=O) groups excluding carboxylic acids is 2. The van der Waals surface area contributed by atoms with Gasteiger partial charge in [0.15, 0.2) is 18.1 Å². The number of benzene rings is 2. The average Bonchev–Trinajstić information content (AvgIpc) is 3.37. The molecule has 0 atom stereocenters. The number of nitrogens with zero attached hydrogens (tertiary/aromatic N) is 2. The number of halogens is 2. The fraction of sp³-hybridized carbons (Fsp3) is 0.150. The summed E-state index contributed by atoms with van der Waals surface area (Å²) >= 11 is 12.2. The Hall–Kier alpha value is -3.23. The maximum Gasteiger partial charge on any atom is 0.338 e. The zero-order valence-electron chi connectivity index (χ0n) is 15.4. The second-order valence-electron chi connectivity index (χ2n) is 6.28. The smallest absolute Gasteiger partial charge is 0.338 e. The van der Waals surface area contributed by atoms with Crippen molar-refractivity contribution in [2.24, 2.45) is 0 Å². The van der Waals surface area contributed by atoms with Crippen LogP contribution < -0.4 is 14.8 Å². The highest BCUT2D eigenvalue weighted by atomic mass is 35.5. The maximum atomic E-state index is 12.3. The minimum absolute atomic E-state index is 0.0256. The number of amides is 1. The Kier molecular flexibility index (Phi) is 5.78. The molecule has 154 valence electrons. The van der Waals surface area contributed by atoms with E-state index in [-0.39, 0.29) is 17.4 Å². The SMILES string of the molecule is O=C(COC(=O)c1cc(Cl)c2c(c1)OCO2)Nc1ccnn1Cc1ccccc1Cl. The zero-order chi connectivity index (χ0) is 21.1. The molecular weight excluding hydrogens is 433 g/mol. The number of ether oxygens (including phenoxy) is 3. The summed E-state index contributed by atoms with van der Waals surface area (Å²) in [5.74, 6) is -0.0618. The first kappa shape index (κ1) is 20.1. The van der Waals surface area contributed by atoms with Crippen LogP contribution in [0.3, 0.4) is 0 Å². The lowest BCUT2D eigenvalue weighted by molar-refractivity contribution is -0.119. The molecule has 2 aromatic carbocycles. The molecule has 10 heteroatoms. The first-order chi connectivity index (χ1) is 14.5. The summed E-state index contributed by atoms with van der Waals surface area (Å²) in [6, 6.07) is 11.8. The molecule has 0 saturated heterocycles. The lowest BCUT2D eigenvalue weighted by Gasteiger charge is -2.11. The third kappa shape index (κ3) is 4.34. The van der Waals surface area contributed by atoms with E-state index < -0.39 is 18.5 Å². The van der Waals surface area contributed by atoms with Crippen LogP contribution in [0, 0.1) is 0 Å². The van der Waals surface area contributed by atoms with Crippen LogP contribution in [0.1, 0.15) is 15.9 Å². The van der Waals surface area contributed by atoms with Crippen LogP contribution in [0.2, 0.25) is 10.0 Å². The molecule has 2 heterocycles. The van der Waals surface area contributed by atoms with Crippen LogP contribution in [0.5, 0.6) is 11.5 Å². The second kappa shape index (κ2) is 8.64. The fourth-order valence-electron chi connectivity index (χ4n) is 2.83. The van der Waals surface area contributed by atoms with Gasteiger partial charge in [0, 0.05) is 11.1 Å². The van der Waals surface area contributed by atoms with Crippen LogP contribution >= 0.6 is 23.2 Å². The summed E-state index contributed by atoms with van der Waals surface area (Å²) < 4.78 is 17.1. The van der Waals surface area contributed by atoms with Crippen LogP contribution in [-0.4, -0.2) is 35.1 Å². The molecule has 30 heavy (non-hydrogen) atoms. The van der Waals surface area contributed by atoms with E-state index in [1.165, 1.54) is 12.1 Å². The average molecular weight is 448 g/mol. The van der Waals surface area contributed by atoms with Crippen molar-refractivity contribution in [1.29, 1.82) is 0 Å². The van der Waals surface area contributed by atoms with E-state index in [1.807, 2.05) is 18.2 Å². The maximum absolute atomic E-state index is 12.3. The summed E-state index contributed by atoms with van der Waals surface area (Å²) in [5, 5.41) is 7.67. The van der Waals surface area contributed by atoms with Gasteiger partial charge in [0.05, 0.1) is 23.3 Å². The van der Waals surface area contributed by atoms with Gasteiger partial charge in [-0.25, -0.2) is 9.48 Å². The topological polar surface area (TPSA) is 91.7 Å². The van der Waals surface area contributed by atoms with E-state index in [9.17, 15) is 9.59 Å². The number of hydrogen-bond acceptors (Lipinski definition) is 6. The van der Waals surface area contributed by atoms with Crippen molar-refractivity contribution in [3.8, 4) is 11.5 Å². The number of anilines is 1. The van der Waals surface area contributed by atoms with Crippen molar-refractivity contribution in [3.63, 3.8) is 0 Å². The number of esters is 1. The Morgan fingerprint density at radius 1 is 1.13 bits per heavy atom. The minimum Gasteiger partial charge on any atom is -0.454 e. The largest absolute Gasteiger partial charge is 0.454 e. The molecule has 1 aliphatic heterocycles. The van der Waals surface area contributed by atoms with E-state index in [2.05, 4.69) is 10.4 Å². The molecule has 0 spiro atoms. The number of aromatic nitrogens is 2. The molecule has 3 aromatic rings. The van der Waals surface area contributed by atoms with Gasteiger partial charge in [-0.1, -0.05) is 41.4 Å². The molecule has 1 amide bonds. The normalized spacial score (nSPS) is 11.9. The summed E-state index contributed by atoms with van der Waals surface area (Å²) in [5.41, 5.74) is 1.00. The number of carbonyl (C=O) groups is 2. The van der Waals surface area contributed by atoms with Gasteiger partial charge < -0.3 is 19.5 Å². The summed E-state index contributed by atoms with van der Waals surface area (Å²) in [6.07, 6.45) is 1.55. The fourth-order valence-corrected chi connectivity index (χ4v) is 3.29. The number of fused-ring (bicyclic) bond motifs is 1. The molecule has 0 aliphatic carbocycles. The highest BCUT2D eigenvalue weighted by molar-refractivity contribution is 6.32. The lowest BCUT2D eigenvalue weighted by Crippen LogP contribution is -2.22. The van der Waals surface area contributed by atoms with Crippen molar-refractivity contribution >= 4 is 40.9 Å². The van der Waals surface area contributed by atoms with Gasteiger partial charge in [0.2, 0.25) is 6.79 Å². The van der Waals surface area contributed by atoms with E-state index in [1.54, 1.807) is 23.0 Å². The number of nitrogens with one attached hydrogen (secondary N) is 1. The summed E-state index contributed by atoms with van der Waals surface area (Å²) in [6.45, 7) is -0.0855. The van der Waals surface area contributed by atoms with Crippen molar-refractivity contribution in [2.45, 2.75) is 6.54 Å². The molecule has 4 rings (SSSR count). The molecule has 0 saturated carbocycles. The summed E-state index contributed by atoms with van der Waals surface area (Å²) in [4.78, 5) is 24.5. The van der Waals surface area contributed by atoms with Crippen molar-refractivity contribution < 1.29 is 23.8 Å². The van der Waals surface area contributed by atoms with Gasteiger partial charge in [-0.05, 0) is 23.8 Å². The third-order valence-corrected chi connectivity index (χ3v) is 4.91. The van der Waals surface area contributed by atoms with Gasteiger partial charge in [0.1, 0.15) is 5.82 Å². The lowest BCUT2D eigenvalue weighted by atomic mass is 10.2. The van der Waals surface area contributed by atoms with Gasteiger partial charge in [-0.15, -0.1) is 0 Å². The Bertz CT molecular complexity index is 1120. The molecule has 8 nitrogen and oxygen atoms in total. The predicted octanol–water partition coefficient (Wildman–Crippen LogP) is 3.76. The van der Waals surface area contributed by atoms with E-state index >= 15 is 0 Å². The van der Waals surface area contributed by atoms with Crippen LogP contribution in [0.25, 0.3) is 0 Å². The Labute approximate surface area is 181 Å². The number of hydrogen-bond donors (Lipinski definition) is 1. The van der Waals surface area contributed by atoms with Crippen molar-refractivity contribution in [3.05, 3.63) is 69.8 Å². The molecule has 1 N–H and O–H groups in total. The quantitative estimate of drug-likeness (QED) is 0.578. The van der Waals surface area contributed by atoms with Gasteiger partial charge in [-0.3, -0.25) is 4.79 Å². The molecule has 1 aliphatic rings. The van der Waals surface area contributed by atoms with Crippen LogP contribution in [0.4, 0.5) is 5.82 Å². The zero-order valence-corrected chi connectivity index (χ0v) is 16.9. The Morgan fingerprint density at radius 3 is 2.80 bits per heavy atom. The highest BCUT2D eigenvalue weighted by Gasteiger charge is 2.22. The minimum atomic E-state index is -0.713. The molecule has 0 bridgehead atoms. The van der Waals surface area contributed by atoms with Crippen molar-refractivity contribution in [1.82, 2.24) is 9.78 Å². The predicted molar refractivity (Wildman–Crippen MR) is 109 cm³/mol. The van der Waals surface area contributed by atoms with E-state index in [0.717, 1.165) is 5.56 Å². The number of rotatable bonds is 6. The van der Waals surface area contributed by atoms with Gasteiger partial charge >= 0.3 is 5.97 Å². The van der Waals surface area contributed by atoms with Gasteiger partial charge in [-0.2, -0.15) is 5.10 Å². The van der Waals surface area contributed by atoms with Crippen LogP contribution in [0.15, 0.2) is 48.7 Å². The summed E-state index contributed by atoms with van der Waals surface area (Å²) in [7, 11) is 0. The third-order valence-electron chi connectivity index (χ3n) is 4.26. The van der Waals surface area contributed by atoms with Crippen LogP contribution in [-0.2, 0) is 16.1 Å². The molecule has 1 aromatic heterocycles. The van der Waals surface area contributed by atoms with Crippen molar-refractivity contribution in [2.75, 3.05) is 18.7 Å². The van der Waals surface area contributed by atoms with E-state index in [4.69, 9.17) is 37.4 Å². The molecule has 0 radical (unpaired) electrons. The first-order valence-corrected chi connectivity index (χ1v) is 9.58. The van der Waals surface area contributed by atoms with Gasteiger partial charge in [0.25, 0.3) is 5.91 Å². The first-order valence-electron chi connectivity index (χ1n) is 8.82. The molecule has 0 fully saturated rings. The standard InChI is InChI=1S/C20H15Cl2N3O5/c21-14-4-2-1-3-12(14)9-25-17(5-6-23-25)24-18(26)10-28-20(27)13-7-15(22)19-16(8-13)29-11-30-19/h1-8H,9-11H2,(H,24,26). The highest BCUT2D eigenvalue weighted by Crippen LogP contribution is 2.39. The Balaban J connectivity index is 1.36.